The van der Waals surface area contributed by atoms with Crippen LogP contribution >= 0.6 is 27.5 Å². The third-order valence-corrected chi connectivity index (χ3v) is 3.51. The molecular formula is C17H13BrClNO2. The molecule has 0 saturated carbocycles. The second-order valence-electron chi connectivity index (χ2n) is 4.34. The highest BCUT2D eigenvalue weighted by Crippen LogP contribution is 2.19. The fraction of sp³-hybridized carbons (Fsp3) is 0.118. The molecule has 1 N–H and O–H groups in total. The van der Waals surface area contributed by atoms with E-state index in [-0.39, 0.29) is 13.2 Å². The van der Waals surface area contributed by atoms with Crippen LogP contribution in [0.4, 0.5) is 4.79 Å². The van der Waals surface area contributed by atoms with Crippen molar-refractivity contribution >= 4 is 33.6 Å². The third kappa shape index (κ3) is 5.44. The highest BCUT2D eigenvalue weighted by Gasteiger charge is 2.00. The average molecular weight is 379 g/mol. The minimum Gasteiger partial charge on any atom is -0.445 e. The first-order valence-electron chi connectivity index (χ1n) is 6.53. The van der Waals surface area contributed by atoms with E-state index in [1.807, 2.05) is 42.5 Å². The monoisotopic (exact) mass is 377 g/mol. The summed E-state index contributed by atoms with van der Waals surface area (Å²) in [6.07, 6.45) is -0.501. The van der Waals surface area contributed by atoms with Gasteiger partial charge in [0, 0.05) is 10.0 Å². The van der Waals surface area contributed by atoms with Crippen LogP contribution in [-0.2, 0) is 11.3 Å². The number of amides is 1. The van der Waals surface area contributed by atoms with E-state index in [0.717, 1.165) is 10.0 Å². The second kappa shape index (κ2) is 8.47. The lowest BCUT2D eigenvalue weighted by Crippen LogP contribution is -2.24. The molecule has 2 aromatic carbocycles. The van der Waals surface area contributed by atoms with Crippen molar-refractivity contribution in [1.29, 1.82) is 0 Å². The molecule has 0 spiro atoms. The lowest BCUT2D eigenvalue weighted by Gasteiger charge is -2.04. The summed E-state index contributed by atoms with van der Waals surface area (Å²) in [5.74, 6) is 5.73. The molecule has 0 atom stereocenters. The summed E-state index contributed by atoms with van der Waals surface area (Å²) in [4.78, 5) is 11.5. The fourth-order valence-electron chi connectivity index (χ4n) is 1.62. The van der Waals surface area contributed by atoms with Gasteiger partial charge >= 0.3 is 6.09 Å². The van der Waals surface area contributed by atoms with Gasteiger partial charge in [-0.25, -0.2) is 4.79 Å². The molecule has 0 fully saturated rings. The van der Waals surface area contributed by atoms with E-state index >= 15 is 0 Å². The van der Waals surface area contributed by atoms with E-state index < -0.39 is 6.09 Å². The topological polar surface area (TPSA) is 38.3 Å². The van der Waals surface area contributed by atoms with Crippen molar-refractivity contribution in [2.45, 2.75) is 6.61 Å². The SMILES string of the molecule is O=C(NCC#Cc1cc(Br)ccc1Cl)OCc1ccccc1. The number of benzene rings is 2. The van der Waals surface area contributed by atoms with E-state index in [0.29, 0.717) is 10.6 Å². The Hall–Kier alpha value is -1.96. The van der Waals surface area contributed by atoms with Crippen LogP contribution in [0.2, 0.25) is 5.02 Å². The molecule has 2 aromatic rings. The highest BCUT2D eigenvalue weighted by atomic mass is 79.9. The Morgan fingerprint density at radius 3 is 2.77 bits per heavy atom. The lowest BCUT2D eigenvalue weighted by molar-refractivity contribution is 0.141. The number of halogens is 2. The summed E-state index contributed by atoms with van der Waals surface area (Å²) < 4.78 is 5.97. The summed E-state index contributed by atoms with van der Waals surface area (Å²) in [6.45, 7) is 0.425. The second-order valence-corrected chi connectivity index (χ2v) is 5.66. The first-order chi connectivity index (χ1) is 10.6. The number of rotatable bonds is 3. The summed E-state index contributed by atoms with van der Waals surface area (Å²) in [5.41, 5.74) is 1.64. The van der Waals surface area contributed by atoms with Crippen LogP contribution in [0.15, 0.2) is 53.0 Å². The van der Waals surface area contributed by atoms with Crippen molar-refractivity contribution in [2.75, 3.05) is 6.54 Å². The predicted molar refractivity (Wildman–Crippen MR) is 90.7 cm³/mol. The molecule has 5 heteroatoms. The van der Waals surface area contributed by atoms with Gasteiger partial charge in [0.15, 0.2) is 0 Å². The number of carbonyl (C=O) groups excluding carboxylic acids is 1. The number of ether oxygens (including phenoxy) is 1. The molecule has 0 aromatic heterocycles. The molecule has 3 nitrogen and oxygen atoms in total. The summed E-state index contributed by atoms with van der Waals surface area (Å²) in [7, 11) is 0. The maximum absolute atomic E-state index is 11.5. The summed E-state index contributed by atoms with van der Waals surface area (Å²) >= 11 is 9.37. The predicted octanol–water partition coefficient (Wildman–Crippen LogP) is 4.38. The Bertz CT molecular complexity index is 708. The molecule has 0 aliphatic carbocycles. The zero-order valence-electron chi connectivity index (χ0n) is 11.6. The summed E-state index contributed by atoms with van der Waals surface area (Å²) in [6, 6.07) is 14.9. The van der Waals surface area contributed by atoms with E-state index in [4.69, 9.17) is 16.3 Å². The Morgan fingerprint density at radius 2 is 2.00 bits per heavy atom. The molecule has 0 aliphatic heterocycles. The molecule has 22 heavy (non-hydrogen) atoms. The highest BCUT2D eigenvalue weighted by molar-refractivity contribution is 9.10. The number of hydrogen-bond donors (Lipinski definition) is 1. The Balaban J connectivity index is 1.78. The van der Waals surface area contributed by atoms with Gasteiger partial charge in [-0.1, -0.05) is 69.7 Å². The quantitative estimate of drug-likeness (QED) is 0.805. The zero-order chi connectivity index (χ0) is 15.8. The van der Waals surface area contributed by atoms with Gasteiger partial charge in [-0.15, -0.1) is 0 Å². The number of carbonyl (C=O) groups is 1. The van der Waals surface area contributed by atoms with Gasteiger partial charge in [0.05, 0.1) is 11.6 Å². The first kappa shape index (κ1) is 16.4. The fourth-order valence-corrected chi connectivity index (χ4v) is 2.15. The van der Waals surface area contributed by atoms with Gasteiger partial charge in [-0.3, -0.25) is 0 Å². The van der Waals surface area contributed by atoms with Crippen molar-refractivity contribution in [3.8, 4) is 11.8 Å². The molecule has 0 saturated heterocycles. The first-order valence-corrected chi connectivity index (χ1v) is 7.71. The van der Waals surface area contributed by atoms with E-state index in [1.54, 1.807) is 6.07 Å². The Kier molecular flexibility index (Phi) is 6.32. The summed E-state index contributed by atoms with van der Waals surface area (Å²) in [5, 5.41) is 3.14. The van der Waals surface area contributed by atoms with Crippen LogP contribution in [-0.4, -0.2) is 12.6 Å². The van der Waals surface area contributed by atoms with Crippen molar-refractivity contribution in [3.05, 3.63) is 69.2 Å². The largest absolute Gasteiger partial charge is 0.445 e. The standard InChI is InChI=1S/C17H13BrClNO2/c18-15-8-9-16(19)14(11-15)7-4-10-20-17(21)22-12-13-5-2-1-3-6-13/h1-3,5-6,8-9,11H,10,12H2,(H,20,21). The van der Waals surface area contributed by atoms with Crippen LogP contribution < -0.4 is 5.32 Å². The number of alkyl carbamates (subject to hydrolysis) is 1. The minimum atomic E-state index is -0.501. The van der Waals surface area contributed by atoms with Crippen molar-refractivity contribution in [1.82, 2.24) is 5.32 Å². The maximum Gasteiger partial charge on any atom is 0.408 e. The van der Waals surface area contributed by atoms with E-state index in [1.165, 1.54) is 0 Å². The van der Waals surface area contributed by atoms with Gasteiger partial charge in [-0.2, -0.15) is 0 Å². The third-order valence-electron chi connectivity index (χ3n) is 2.69. The van der Waals surface area contributed by atoms with Crippen molar-refractivity contribution < 1.29 is 9.53 Å². The van der Waals surface area contributed by atoms with Gasteiger partial charge < -0.3 is 10.1 Å². The number of hydrogen-bond acceptors (Lipinski definition) is 2. The van der Waals surface area contributed by atoms with Crippen LogP contribution in [0.25, 0.3) is 0 Å². The van der Waals surface area contributed by atoms with Crippen LogP contribution in [0, 0.1) is 11.8 Å². The molecule has 2 rings (SSSR count). The molecule has 112 valence electrons. The normalized spacial score (nSPS) is 9.55. The van der Waals surface area contributed by atoms with Gasteiger partial charge in [0.1, 0.15) is 6.61 Å². The molecule has 0 unspecified atom stereocenters. The number of nitrogens with one attached hydrogen (secondary N) is 1. The molecular weight excluding hydrogens is 366 g/mol. The van der Waals surface area contributed by atoms with Crippen molar-refractivity contribution in [3.63, 3.8) is 0 Å². The van der Waals surface area contributed by atoms with Crippen LogP contribution in [0.1, 0.15) is 11.1 Å². The molecule has 0 radical (unpaired) electrons. The van der Waals surface area contributed by atoms with Crippen molar-refractivity contribution in [2.24, 2.45) is 0 Å². The molecule has 0 aliphatic rings. The Labute approximate surface area is 142 Å². The maximum atomic E-state index is 11.5. The molecule has 1 amide bonds. The van der Waals surface area contributed by atoms with Gasteiger partial charge in [0.2, 0.25) is 0 Å². The van der Waals surface area contributed by atoms with Crippen LogP contribution in [0.3, 0.4) is 0 Å². The average Bonchev–Trinajstić information content (AvgIpc) is 2.53. The smallest absolute Gasteiger partial charge is 0.408 e. The van der Waals surface area contributed by atoms with Gasteiger partial charge in [-0.05, 0) is 23.8 Å². The van der Waals surface area contributed by atoms with Crippen LogP contribution in [0.5, 0.6) is 0 Å². The minimum absolute atomic E-state index is 0.191. The van der Waals surface area contributed by atoms with E-state index in [9.17, 15) is 4.79 Å². The van der Waals surface area contributed by atoms with E-state index in [2.05, 4.69) is 33.1 Å². The lowest BCUT2D eigenvalue weighted by atomic mass is 10.2. The zero-order valence-corrected chi connectivity index (χ0v) is 13.9. The molecule has 0 bridgehead atoms. The van der Waals surface area contributed by atoms with Gasteiger partial charge in [0.25, 0.3) is 0 Å². The Morgan fingerprint density at radius 1 is 1.23 bits per heavy atom. The molecule has 0 heterocycles.